The van der Waals surface area contributed by atoms with Crippen molar-refractivity contribution in [2.45, 2.75) is 52.4 Å². The summed E-state index contributed by atoms with van der Waals surface area (Å²) in [6, 6.07) is 9.74. The zero-order valence-electron chi connectivity index (χ0n) is 18.5. The quantitative estimate of drug-likeness (QED) is 0.476. The molecule has 2 unspecified atom stereocenters. The van der Waals surface area contributed by atoms with E-state index in [4.69, 9.17) is 0 Å². The van der Waals surface area contributed by atoms with Gasteiger partial charge in [-0.25, -0.2) is 0 Å². The summed E-state index contributed by atoms with van der Waals surface area (Å²) in [5.41, 5.74) is 6.07. The van der Waals surface area contributed by atoms with Crippen molar-refractivity contribution in [2.24, 2.45) is 11.8 Å². The number of hydrogen-bond donors (Lipinski definition) is 2. The predicted octanol–water partition coefficient (Wildman–Crippen LogP) is 7.32. The Kier molecular flexibility index (Phi) is 6.87. The maximum Gasteiger partial charge on any atom is 0.127 e. The molecule has 2 N–H and O–H groups in total. The minimum atomic E-state index is 0.201. The zero-order valence-corrected chi connectivity index (χ0v) is 18.5. The van der Waals surface area contributed by atoms with Crippen LogP contribution in [0, 0.1) is 11.8 Å². The van der Waals surface area contributed by atoms with Crippen LogP contribution in [0.5, 0.6) is 11.5 Å². The molecule has 0 aliphatic heterocycles. The number of phenols is 2. The van der Waals surface area contributed by atoms with Crippen molar-refractivity contribution < 1.29 is 10.2 Å². The van der Waals surface area contributed by atoms with E-state index in [9.17, 15) is 10.2 Å². The van der Waals surface area contributed by atoms with Crippen molar-refractivity contribution in [1.29, 1.82) is 0 Å². The third-order valence-corrected chi connectivity index (χ3v) is 6.35. The first-order valence-corrected chi connectivity index (χ1v) is 10.9. The monoisotopic (exact) mass is 402 g/mol. The minimum absolute atomic E-state index is 0.201. The lowest BCUT2D eigenvalue weighted by molar-refractivity contribution is 0.310. The Morgan fingerprint density at radius 1 is 1.07 bits per heavy atom. The number of aromatic hydroxyl groups is 2. The summed E-state index contributed by atoms with van der Waals surface area (Å²) >= 11 is 0. The second kappa shape index (κ2) is 9.38. The van der Waals surface area contributed by atoms with Crippen molar-refractivity contribution in [3.05, 3.63) is 84.0 Å². The first-order chi connectivity index (χ1) is 14.3. The second-order valence-electron chi connectivity index (χ2n) is 8.90. The Labute approximate surface area is 181 Å². The van der Waals surface area contributed by atoms with Gasteiger partial charge in [0.2, 0.25) is 0 Å². The molecule has 0 amide bonds. The van der Waals surface area contributed by atoms with Crippen LogP contribution in [0.2, 0.25) is 0 Å². The van der Waals surface area contributed by atoms with Crippen molar-refractivity contribution in [3.8, 4) is 22.6 Å². The molecule has 0 fully saturated rings. The van der Waals surface area contributed by atoms with Crippen LogP contribution in [-0.4, -0.2) is 10.2 Å². The van der Waals surface area contributed by atoms with Gasteiger partial charge in [-0.1, -0.05) is 49.8 Å². The van der Waals surface area contributed by atoms with Gasteiger partial charge in [0.25, 0.3) is 0 Å². The number of hydrogen-bond acceptors (Lipinski definition) is 2. The molecule has 0 aromatic heterocycles. The molecule has 2 heteroatoms. The normalized spacial score (nSPS) is 18.9. The summed E-state index contributed by atoms with van der Waals surface area (Å²) in [6.45, 7) is 14.4. The van der Waals surface area contributed by atoms with Gasteiger partial charge in [0, 0.05) is 17.0 Å². The molecular formula is C28H34O2. The minimum Gasteiger partial charge on any atom is -0.508 e. The Morgan fingerprint density at radius 2 is 1.80 bits per heavy atom. The first kappa shape index (κ1) is 22.0. The third-order valence-electron chi connectivity index (χ3n) is 6.35. The largest absolute Gasteiger partial charge is 0.508 e. The standard InChI is InChI=1S/C28H34O2/c1-6-8-20-15-24(21-11-13-27(29)22(17-21)9-7-2)28(30)26(16-20)25-14-19(5)10-12-23(25)18(3)4/h6-7,11,13-18,23,25,29-30H,1-2,8-10,12H2,3-5H3. The van der Waals surface area contributed by atoms with Gasteiger partial charge in [-0.15, -0.1) is 13.2 Å². The Hall–Kier alpha value is -2.74. The van der Waals surface area contributed by atoms with Crippen LogP contribution in [0.4, 0.5) is 0 Å². The summed E-state index contributed by atoms with van der Waals surface area (Å²) < 4.78 is 0. The Balaban J connectivity index is 2.20. The van der Waals surface area contributed by atoms with Gasteiger partial charge in [-0.2, -0.15) is 0 Å². The van der Waals surface area contributed by atoms with E-state index in [0.29, 0.717) is 24.0 Å². The molecule has 2 atom stereocenters. The maximum atomic E-state index is 11.4. The highest BCUT2D eigenvalue weighted by atomic mass is 16.3. The molecule has 2 aromatic carbocycles. The maximum absolute atomic E-state index is 11.4. The molecule has 30 heavy (non-hydrogen) atoms. The molecule has 1 aliphatic rings. The fraction of sp³-hybridized carbons (Fsp3) is 0.357. The van der Waals surface area contributed by atoms with Crippen molar-refractivity contribution in [1.82, 2.24) is 0 Å². The summed E-state index contributed by atoms with van der Waals surface area (Å²) in [4.78, 5) is 0. The molecule has 0 saturated heterocycles. The van der Waals surface area contributed by atoms with Crippen molar-refractivity contribution in [3.63, 3.8) is 0 Å². The fourth-order valence-electron chi connectivity index (χ4n) is 4.71. The molecular weight excluding hydrogens is 368 g/mol. The van der Waals surface area contributed by atoms with Crippen LogP contribution in [0.3, 0.4) is 0 Å². The zero-order chi connectivity index (χ0) is 21.8. The van der Waals surface area contributed by atoms with Gasteiger partial charge < -0.3 is 10.2 Å². The van der Waals surface area contributed by atoms with E-state index in [0.717, 1.165) is 47.1 Å². The smallest absolute Gasteiger partial charge is 0.127 e. The SMILES string of the molecule is C=CCc1cc(-c2ccc(O)c(CC=C)c2)c(O)c(C2C=C(C)CCC2C(C)C)c1. The van der Waals surface area contributed by atoms with E-state index < -0.39 is 0 Å². The van der Waals surface area contributed by atoms with E-state index in [1.807, 2.05) is 24.3 Å². The van der Waals surface area contributed by atoms with Gasteiger partial charge >= 0.3 is 0 Å². The number of benzene rings is 2. The van der Waals surface area contributed by atoms with Crippen LogP contribution >= 0.6 is 0 Å². The van der Waals surface area contributed by atoms with E-state index in [-0.39, 0.29) is 11.7 Å². The number of phenolic OH excluding ortho intramolecular Hbond substituents is 2. The summed E-state index contributed by atoms with van der Waals surface area (Å²) in [6.07, 6.45) is 9.64. The van der Waals surface area contributed by atoms with Gasteiger partial charge in [0.1, 0.15) is 11.5 Å². The van der Waals surface area contributed by atoms with Crippen LogP contribution in [0.25, 0.3) is 11.1 Å². The molecule has 0 saturated carbocycles. The topological polar surface area (TPSA) is 40.5 Å². The van der Waals surface area contributed by atoms with E-state index in [1.165, 1.54) is 5.57 Å². The highest BCUT2D eigenvalue weighted by molar-refractivity contribution is 5.75. The van der Waals surface area contributed by atoms with E-state index >= 15 is 0 Å². The average Bonchev–Trinajstić information content (AvgIpc) is 2.71. The van der Waals surface area contributed by atoms with Crippen molar-refractivity contribution in [2.75, 3.05) is 0 Å². The molecule has 3 rings (SSSR count). The molecule has 0 bridgehead atoms. The van der Waals surface area contributed by atoms with Crippen LogP contribution in [0.15, 0.2) is 67.3 Å². The first-order valence-electron chi connectivity index (χ1n) is 10.9. The lowest BCUT2D eigenvalue weighted by atomic mass is 9.71. The summed E-state index contributed by atoms with van der Waals surface area (Å²) in [5, 5.41) is 21.6. The molecule has 0 spiro atoms. The lowest BCUT2D eigenvalue weighted by Crippen LogP contribution is -2.21. The van der Waals surface area contributed by atoms with Gasteiger partial charge in [-0.3, -0.25) is 0 Å². The van der Waals surface area contributed by atoms with Crippen LogP contribution in [0.1, 0.15) is 56.2 Å². The van der Waals surface area contributed by atoms with Gasteiger partial charge in [0.15, 0.2) is 0 Å². The predicted molar refractivity (Wildman–Crippen MR) is 127 cm³/mol. The Morgan fingerprint density at radius 3 is 2.47 bits per heavy atom. The second-order valence-corrected chi connectivity index (χ2v) is 8.90. The summed E-state index contributed by atoms with van der Waals surface area (Å²) in [5.74, 6) is 1.85. The Bertz CT molecular complexity index is 965. The van der Waals surface area contributed by atoms with Gasteiger partial charge in [-0.05, 0) is 79.3 Å². The highest BCUT2D eigenvalue weighted by Crippen LogP contribution is 2.46. The average molecular weight is 403 g/mol. The molecule has 2 nitrogen and oxygen atoms in total. The number of rotatable bonds is 7. The highest BCUT2D eigenvalue weighted by Gasteiger charge is 2.30. The lowest BCUT2D eigenvalue weighted by Gasteiger charge is -2.34. The molecule has 2 aromatic rings. The molecule has 0 radical (unpaired) electrons. The molecule has 0 heterocycles. The van der Waals surface area contributed by atoms with Crippen LogP contribution in [-0.2, 0) is 12.8 Å². The summed E-state index contributed by atoms with van der Waals surface area (Å²) in [7, 11) is 0. The number of allylic oxidation sites excluding steroid dienone is 4. The molecule has 158 valence electrons. The molecule has 1 aliphatic carbocycles. The fourth-order valence-corrected chi connectivity index (χ4v) is 4.71. The van der Waals surface area contributed by atoms with Crippen LogP contribution < -0.4 is 0 Å². The van der Waals surface area contributed by atoms with Gasteiger partial charge in [0.05, 0.1) is 0 Å². The third kappa shape index (κ3) is 4.53. The van der Waals surface area contributed by atoms with E-state index in [2.05, 4.69) is 46.1 Å². The van der Waals surface area contributed by atoms with Crippen molar-refractivity contribution >= 4 is 0 Å². The van der Waals surface area contributed by atoms with E-state index in [1.54, 1.807) is 12.1 Å².